The first kappa shape index (κ1) is 17.8. The summed E-state index contributed by atoms with van der Waals surface area (Å²) < 4.78 is 11.5. The fourth-order valence-corrected chi connectivity index (χ4v) is 2.54. The lowest BCUT2D eigenvalue weighted by Crippen LogP contribution is -2.45. The minimum absolute atomic E-state index is 0.0481. The molecule has 0 radical (unpaired) electrons. The second-order valence-corrected chi connectivity index (χ2v) is 6.41. The average molecular weight is 319 g/mol. The number of hydrogen-bond donors (Lipinski definition) is 1. The zero-order chi connectivity index (χ0) is 16.7. The second-order valence-electron chi connectivity index (χ2n) is 6.41. The number of benzene rings is 1. The summed E-state index contributed by atoms with van der Waals surface area (Å²) in [4.78, 5) is 12.7. The van der Waals surface area contributed by atoms with E-state index >= 15 is 0 Å². The summed E-state index contributed by atoms with van der Waals surface area (Å²) in [7, 11) is 0. The van der Waals surface area contributed by atoms with Gasteiger partial charge in [0.15, 0.2) is 0 Å². The van der Waals surface area contributed by atoms with Crippen molar-refractivity contribution in [1.82, 2.24) is 0 Å². The van der Waals surface area contributed by atoms with E-state index in [1.807, 2.05) is 31.2 Å². The Morgan fingerprint density at radius 2 is 1.87 bits per heavy atom. The highest BCUT2D eigenvalue weighted by atomic mass is 16.5. The quantitative estimate of drug-likeness (QED) is 0.650. The maximum absolute atomic E-state index is 12.7. The molecule has 23 heavy (non-hydrogen) atoms. The van der Waals surface area contributed by atoms with Gasteiger partial charge < -0.3 is 14.8 Å². The van der Waals surface area contributed by atoms with Gasteiger partial charge in [0.2, 0.25) is 0 Å². The van der Waals surface area contributed by atoms with E-state index in [0.717, 1.165) is 50.1 Å². The van der Waals surface area contributed by atoms with Crippen LogP contribution in [0.25, 0.3) is 0 Å². The Balaban J connectivity index is 1.93. The van der Waals surface area contributed by atoms with Crippen molar-refractivity contribution >= 4 is 11.6 Å². The number of unbranched alkanes of at least 4 members (excludes halogenated alkanes) is 1. The van der Waals surface area contributed by atoms with Crippen LogP contribution in [0.4, 0.5) is 5.69 Å². The minimum atomic E-state index is -0.716. The molecule has 0 saturated heterocycles. The molecular formula is C19H29NO3. The van der Waals surface area contributed by atoms with Crippen LogP contribution in [-0.4, -0.2) is 24.7 Å². The van der Waals surface area contributed by atoms with Gasteiger partial charge in [0.05, 0.1) is 6.61 Å². The van der Waals surface area contributed by atoms with Gasteiger partial charge in [0, 0.05) is 12.3 Å². The molecule has 4 nitrogen and oxygen atoms in total. The Morgan fingerprint density at radius 3 is 2.43 bits per heavy atom. The number of carbonyl (C=O) groups excluding carboxylic acids is 1. The topological polar surface area (TPSA) is 47.6 Å². The van der Waals surface area contributed by atoms with Crippen LogP contribution in [0.1, 0.15) is 52.9 Å². The summed E-state index contributed by atoms with van der Waals surface area (Å²) in [5, 5.41) is 2.99. The molecule has 0 bridgehead atoms. The Hall–Kier alpha value is -1.55. The highest BCUT2D eigenvalue weighted by molar-refractivity contribution is 5.97. The second kappa shape index (κ2) is 8.34. The van der Waals surface area contributed by atoms with Crippen LogP contribution in [0.2, 0.25) is 0 Å². The van der Waals surface area contributed by atoms with E-state index in [1.165, 1.54) is 0 Å². The van der Waals surface area contributed by atoms with Crippen LogP contribution in [0.3, 0.4) is 0 Å². The molecule has 0 aliphatic heterocycles. The van der Waals surface area contributed by atoms with Gasteiger partial charge in [0.25, 0.3) is 5.91 Å². The molecule has 1 aliphatic rings. The number of nitrogens with one attached hydrogen (secondary N) is 1. The van der Waals surface area contributed by atoms with Crippen LogP contribution in [0, 0.1) is 5.92 Å². The van der Waals surface area contributed by atoms with Crippen molar-refractivity contribution < 1.29 is 14.3 Å². The van der Waals surface area contributed by atoms with E-state index in [4.69, 9.17) is 9.47 Å². The third-order valence-electron chi connectivity index (χ3n) is 4.29. The average Bonchev–Trinajstić information content (AvgIpc) is 3.39. The van der Waals surface area contributed by atoms with Crippen molar-refractivity contribution in [3.8, 4) is 5.75 Å². The zero-order valence-corrected chi connectivity index (χ0v) is 14.6. The Morgan fingerprint density at radius 1 is 1.17 bits per heavy atom. The molecule has 128 valence electrons. The molecule has 1 fully saturated rings. The molecule has 2 rings (SSSR count). The van der Waals surface area contributed by atoms with Crippen LogP contribution in [-0.2, 0) is 9.53 Å². The van der Waals surface area contributed by atoms with Crippen LogP contribution in [0.5, 0.6) is 5.75 Å². The van der Waals surface area contributed by atoms with Crippen molar-refractivity contribution in [2.45, 2.75) is 58.5 Å². The third-order valence-corrected chi connectivity index (χ3v) is 4.29. The first-order chi connectivity index (χ1) is 11.1. The van der Waals surface area contributed by atoms with Gasteiger partial charge in [-0.1, -0.05) is 20.3 Å². The van der Waals surface area contributed by atoms with E-state index in [1.54, 1.807) is 0 Å². The number of hydrogen-bond acceptors (Lipinski definition) is 3. The van der Waals surface area contributed by atoms with Crippen molar-refractivity contribution in [1.29, 1.82) is 0 Å². The van der Waals surface area contributed by atoms with Gasteiger partial charge >= 0.3 is 0 Å². The highest BCUT2D eigenvalue weighted by Crippen LogP contribution is 2.42. The van der Waals surface area contributed by atoms with Gasteiger partial charge in [-0.15, -0.1) is 0 Å². The van der Waals surface area contributed by atoms with Gasteiger partial charge in [-0.2, -0.15) is 0 Å². The molecule has 1 atom stereocenters. The fraction of sp³-hybridized carbons (Fsp3) is 0.632. The van der Waals surface area contributed by atoms with Crippen molar-refractivity contribution in [2.24, 2.45) is 5.92 Å². The number of carbonyl (C=O) groups is 1. The number of anilines is 1. The zero-order valence-electron chi connectivity index (χ0n) is 14.6. The molecule has 0 aromatic heterocycles. The van der Waals surface area contributed by atoms with E-state index in [0.29, 0.717) is 12.5 Å². The lowest BCUT2D eigenvalue weighted by atomic mass is 9.98. The van der Waals surface area contributed by atoms with Crippen LogP contribution in [0.15, 0.2) is 24.3 Å². The van der Waals surface area contributed by atoms with E-state index in [2.05, 4.69) is 19.2 Å². The highest BCUT2D eigenvalue weighted by Gasteiger charge is 2.48. The maximum Gasteiger partial charge on any atom is 0.256 e. The molecule has 1 saturated carbocycles. The molecule has 4 heteroatoms. The predicted octanol–water partition coefficient (Wildman–Crippen LogP) is 4.40. The summed E-state index contributed by atoms with van der Waals surface area (Å²) >= 11 is 0. The van der Waals surface area contributed by atoms with Crippen LogP contribution >= 0.6 is 0 Å². The molecule has 1 amide bonds. The van der Waals surface area contributed by atoms with Crippen molar-refractivity contribution in [2.75, 3.05) is 18.5 Å². The van der Waals surface area contributed by atoms with Gasteiger partial charge in [-0.3, -0.25) is 4.79 Å². The third kappa shape index (κ3) is 4.96. The first-order valence-electron chi connectivity index (χ1n) is 8.78. The normalized spacial score (nSPS) is 16.7. The van der Waals surface area contributed by atoms with E-state index in [-0.39, 0.29) is 5.91 Å². The molecular weight excluding hydrogens is 290 g/mol. The van der Waals surface area contributed by atoms with Gasteiger partial charge in [-0.05, 0) is 62.8 Å². The fourth-order valence-electron chi connectivity index (χ4n) is 2.54. The largest absolute Gasteiger partial charge is 0.494 e. The van der Waals surface area contributed by atoms with Gasteiger partial charge in [0.1, 0.15) is 11.4 Å². The summed E-state index contributed by atoms with van der Waals surface area (Å²) in [5.41, 5.74) is 0.0663. The minimum Gasteiger partial charge on any atom is -0.494 e. The number of ether oxygens (including phenoxy) is 2. The standard InChI is InChI=1S/C19H29NO3/c1-4-6-14-22-17-11-9-16(10-12-17)20-18(21)19(3,15-7-8-15)23-13-5-2/h9-12,15H,4-8,13-14H2,1-3H3,(H,20,21)/t19-/m0/s1. The summed E-state index contributed by atoms with van der Waals surface area (Å²) in [5.74, 6) is 1.13. The summed E-state index contributed by atoms with van der Waals surface area (Å²) in [6.45, 7) is 7.46. The monoisotopic (exact) mass is 319 g/mol. The molecule has 0 unspecified atom stereocenters. The summed E-state index contributed by atoms with van der Waals surface area (Å²) in [6.07, 6.45) is 5.22. The number of amides is 1. The van der Waals surface area contributed by atoms with Crippen molar-refractivity contribution in [3.63, 3.8) is 0 Å². The van der Waals surface area contributed by atoms with Gasteiger partial charge in [-0.25, -0.2) is 0 Å². The lowest BCUT2D eigenvalue weighted by molar-refractivity contribution is -0.142. The molecule has 1 aromatic rings. The molecule has 1 aromatic carbocycles. The first-order valence-corrected chi connectivity index (χ1v) is 8.78. The lowest BCUT2D eigenvalue weighted by Gasteiger charge is -2.28. The Labute approximate surface area is 139 Å². The molecule has 0 spiro atoms. The smallest absolute Gasteiger partial charge is 0.256 e. The molecule has 1 aliphatic carbocycles. The maximum atomic E-state index is 12.7. The van der Waals surface area contributed by atoms with E-state index < -0.39 is 5.60 Å². The Kier molecular flexibility index (Phi) is 6.46. The number of rotatable bonds is 10. The van der Waals surface area contributed by atoms with Crippen molar-refractivity contribution in [3.05, 3.63) is 24.3 Å². The summed E-state index contributed by atoms with van der Waals surface area (Å²) in [6, 6.07) is 7.55. The molecule has 1 N–H and O–H groups in total. The Bertz CT molecular complexity index is 496. The predicted molar refractivity (Wildman–Crippen MR) is 92.8 cm³/mol. The SMILES string of the molecule is CCCCOc1ccc(NC(=O)[C@@](C)(OCCC)C2CC2)cc1. The van der Waals surface area contributed by atoms with Crippen LogP contribution < -0.4 is 10.1 Å². The molecule has 0 heterocycles. The van der Waals surface area contributed by atoms with E-state index in [9.17, 15) is 4.79 Å².